The molecule has 0 spiro atoms. The molecule has 24 heavy (non-hydrogen) atoms. The molecule has 0 aromatic heterocycles. The van der Waals surface area contributed by atoms with Gasteiger partial charge in [0.15, 0.2) is 0 Å². The van der Waals surface area contributed by atoms with Gasteiger partial charge in [0.2, 0.25) is 0 Å². The fourth-order valence-corrected chi connectivity index (χ4v) is 10.1. The number of hydrogen-bond donors (Lipinski definition) is 0. The highest BCUT2D eigenvalue weighted by Crippen LogP contribution is 2.50. The number of fused-ring (bicyclic) bond motifs is 5. The minimum atomic E-state index is -0.756. The maximum absolute atomic E-state index is 2.91. The van der Waals surface area contributed by atoms with E-state index in [1.165, 1.54) is 78.0 Å². The van der Waals surface area contributed by atoms with Crippen LogP contribution in [-0.2, 0) is 0 Å². The topological polar surface area (TPSA) is 19.0 Å². The molecule has 0 bridgehead atoms. The lowest BCUT2D eigenvalue weighted by molar-refractivity contribution is -0.413. The van der Waals surface area contributed by atoms with Gasteiger partial charge in [-0.15, -0.1) is 0 Å². The molecular weight excluding hydrogens is 528 g/mol. The molecule has 10 heteroatoms. The Morgan fingerprint density at radius 3 is 1.50 bits per heavy atom. The smallest absolute Gasteiger partial charge is 0.315 e. The quantitative estimate of drug-likeness (QED) is 0.321. The molecule has 0 N–H and O–H groups in total. The number of nitrogens with zero attached hydrogens (tertiary/aromatic N) is 6. The van der Waals surface area contributed by atoms with E-state index in [4.69, 9.17) is 0 Å². The summed E-state index contributed by atoms with van der Waals surface area (Å²) in [6, 6.07) is 0. The number of halogens is 2. The minimum absolute atomic E-state index is 0.756. The van der Waals surface area contributed by atoms with Crippen molar-refractivity contribution in [2.75, 3.05) is 52.4 Å². The van der Waals surface area contributed by atoms with Crippen molar-refractivity contribution in [3.63, 3.8) is 0 Å². The van der Waals surface area contributed by atoms with Crippen LogP contribution in [0.15, 0.2) is 0 Å². The first-order valence-corrected chi connectivity index (χ1v) is 12.2. The zero-order valence-corrected chi connectivity index (χ0v) is 18.4. The van der Waals surface area contributed by atoms with Gasteiger partial charge in [-0.05, 0) is 0 Å². The molecule has 0 aromatic carbocycles. The van der Waals surface area contributed by atoms with Crippen LogP contribution in [-0.4, -0.2) is 101 Å². The first kappa shape index (κ1) is 15.2. The maximum Gasteiger partial charge on any atom is 0.315 e. The third kappa shape index (κ3) is 1.50. The Bertz CT molecular complexity index is 643. The van der Waals surface area contributed by atoms with Crippen LogP contribution >= 0.6 is 44.7 Å². The van der Waals surface area contributed by atoms with Gasteiger partial charge in [-0.1, -0.05) is 0 Å². The SMILES string of the molecule is I[B@-]12N3CCCN4CCC[N+](=C43)[B@@-]1(I)N1CCCN3CCC[N+]2=C31. The molecule has 6 nitrogen and oxygen atoms in total. The lowest BCUT2D eigenvalue weighted by atomic mass is 9.33. The van der Waals surface area contributed by atoms with Gasteiger partial charge >= 0.3 is 8.33 Å². The van der Waals surface area contributed by atoms with Crippen molar-refractivity contribution in [1.29, 1.82) is 0 Å². The summed E-state index contributed by atoms with van der Waals surface area (Å²) >= 11 is 5.82. The Labute approximate surface area is 170 Å². The van der Waals surface area contributed by atoms with E-state index in [-0.39, 0.29) is 0 Å². The van der Waals surface area contributed by atoms with E-state index in [1.807, 2.05) is 0 Å². The molecule has 6 aliphatic heterocycles. The zero-order chi connectivity index (χ0) is 16.1. The second-order valence-corrected chi connectivity index (χ2v) is 11.9. The van der Waals surface area contributed by atoms with Gasteiger partial charge in [-0.25, -0.2) is 0 Å². The van der Waals surface area contributed by atoms with Crippen LogP contribution < -0.4 is 0 Å². The summed E-state index contributed by atoms with van der Waals surface area (Å²) in [5, 5.41) is 0. The number of guanidine groups is 2. The molecular formula is C14H24B2I2N6. The predicted molar refractivity (Wildman–Crippen MR) is 115 cm³/mol. The van der Waals surface area contributed by atoms with Crippen LogP contribution in [0.25, 0.3) is 0 Å². The lowest BCUT2D eigenvalue weighted by Gasteiger charge is -2.48. The highest BCUT2D eigenvalue weighted by Gasteiger charge is 2.72. The second-order valence-electron chi connectivity index (χ2n) is 8.23. The first-order valence-electron chi connectivity index (χ1n) is 9.67. The Balaban J connectivity index is 1.61. The van der Waals surface area contributed by atoms with E-state index in [0.717, 1.165) is 0 Å². The lowest BCUT2D eigenvalue weighted by Crippen LogP contribution is -2.72. The standard InChI is InChI=1S/C14H24B2I2N6/c17-15-16(18,22-10-2-6-19-5-1-9-21(15)13(19)22)24-12-4-8-20-7-3-11-23(15)14(20)24/h1-12H2/t15-,16+. The van der Waals surface area contributed by atoms with Crippen LogP contribution in [0.4, 0.5) is 0 Å². The zero-order valence-electron chi connectivity index (χ0n) is 14.1. The third-order valence-corrected chi connectivity index (χ3v) is 13.3. The van der Waals surface area contributed by atoms with Crippen molar-refractivity contribution in [2.24, 2.45) is 0 Å². The van der Waals surface area contributed by atoms with E-state index in [1.54, 1.807) is 11.9 Å². The Morgan fingerprint density at radius 2 is 1.04 bits per heavy atom. The van der Waals surface area contributed by atoms with Crippen molar-refractivity contribution in [3.05, 3.63) is 0 Å². The predicted octanol–water partition coefficient (Wildman–Crippen LogP) is 0.400. The van der Waals surface area contributed by atoms with E-state index in [9.17, 15) is 0 Å². The summed E-state index contributed by atoms with van der Waals surface area (Å²) in [5.74, 6) is 3.16. The van der Waals surface area contributed by atoms with Crippen LogP contribution in [0.2, 0.25) is 0 Å². The van der Waals surface area contributed by atoms with Gasteiger partial charge in [0.25, 0.3) is 11.9 Å². The molecule has 2 fully saturated rings. The van der Waals surface area contributed by atoms with Crippen LogP contribution in [0.5, 0.6) is 0 Å². The first-order chi connectivity index (χ1) is 11.7. The molecule has 6 rings (SSSR count). The Kier molecular flexibility index (Phi) is 3.10. The molecule has 0 amide bonds. The molecule has 130 valence electrons. The van der Waals surface area contributed by atoms with Crippen LogP contribution in [0.1, 0.15) is 25.7 Å². The highest BCUT2D eigenvalue weighted by atomic mass is 127. The van der Waals surface area contributed by atoms with Gasteiger partial charge in [0.1, 0.15) is 0 Å². The molecule has 0 radical (unpaired) electrons. The summed E-state index contributed by atoms with van der Waals surface area (Å²) in [7, 11) is 0. The van der Waals surface area contributed by atoms with Gasteiger partial charge in [-0.3, -0.25) is 54.5 Å². The molecule has 6 aliphatic rings. The third-order valence-electron chi connectivity index (χ3n) is 7.19. The summed E-state index contributed by atoms with van der Waals surface area (Å²) in [5.41, 5.74) is 0. The van der Waals surface area contributed by atoms with Gasteiger partial charge in [-0.2, -0.15) is 0 Å². The average molecular weight is 552 g/mol. The fraction of sp³-hybridized carbons (Fsp3) is 0.857. The van der Waals surface area contributed by atoms with Crippen LogP contribution in [0.3, 0.4) is 0 Å². The van der Waals surface area contributed by atoms with Crippen molar-refractivity contribution in [1.82, 2.24) is 19.4 Å². The van der Waals surface area contributed by atoms with Crippen molar-refractivity contribution >= 4 is 65.0 Å². The van der Waals surface area contributed by atoms with Crippen LogP contribution in [0, 0.1) is 0 Å². The van der Waals surface area contributed by atoms with Crippen molar-refractivity contribution < 1.29 is 8.97 Å². The molecule has 2 atom stereocenters. The summed E-state index contributed by atoms with van der Waals surface area (Å²) < 4.78 is 4.19. The summed E-state index contributed by atoms with van der Waals surface area (Å²) in [6.07, 6.45) is 5.28. The largest absolute Gasteiger partial charge is 0.435 e. The Morgan fingerprint density at radius 1 is 0.625 bits per heavy atom. The van der Waals surface area contributed by atoms with E-state index >= 15 is 0 Å². The second kappa shape index (κ2) is 4.89. The molecule has 2 saturated heterocycles. The number of rotatable bonds is 0. The molecule has 0 aliphatic carbocycles. The highest BCUT2D eigenvalue weighted by molar-refractivity contribution is 14.2. The normalized spacial score (nSPS) is 40.2. The van der Waals surface area contributed by atoms with Crippen molar-refractivity contribution in [3.8, 4) is 0 Å². The van der Waals surface area contributed by atoms with E-state index in [0.29, 0.717) is 0 Å². The minimum Gasteiger partial charge on any atom is -0.435 e. The van der Waals surface area contributed by atoms with Gasteiger partial charge < -0.3 is 18.6 Å². The van der Waals surface area contributed by atoms with E-state index in [2.05, 4.69) is 73.1 Å². The van der Waals surface area contributed by atoms with E-state index < -0.39 is 8.33 Å². The summed E-state index contributed by atoms with van der Waals surface area (Å²) in [4.78, 5) is 11.1. The fourth-order valence-electron chi connectivity index (χ4n) is 6.43. The number of hydrogen-bond acceptors (Lipinski definition) is 4. The maximum atomic E-state index is 2.91. The van der Waals surface area contributed by atoms with Gasteiger partial charge in [0, 0.05) is 51.9 Å². The molecule has 0 unspecified atom stereocenters. The van der Waals surface area contributed by atoms with Crippen molar-refractivity contribution in [2.45, 2.75) is 25.7 Å². The van der Waals surface area contributed by atoms with Gasteiger partial charge in [0.05, 0.1) is 26.2 Å². The summed E-state index contributed by atoms with van der Waals surface area (Å²) in [6.45, 7) is 10.0. The Hall–Kier alpha value is 0.130. The molecule has 0 aromatic rings. The average Bonchev–Trinajstić information content (AvgIpc) is 2.95. The molecule has 0 saturated carbocycles. The monoisotopic (exact) mass is 552 g/mol. The molecule has 6 heterocycles.